The molecule has 1 atom stereocenters. The molecule has 3 rings (SSSR count). The molecule has 2 aromatic carbocycles. The Balaban J connectivity index is 1.81. The summed E-state index contributed by atoms with van der Waals surface area (Å²) < 4.78 is 20.1. The quantitative estimate of drug-likeness (QED) is 0.865. The van der Waals surface area contributed by atoms with Gasteiger partial charge in [0.25, 0.3) is 0 Å². The van der Waals surface area contributed by atoms with Crippen molar-refractivity contribution in [3.63, 3.8) is 0 Å². The second-order valence-electron chi connectivity index (χ2n) is 6.62. The summed E-state index contributed by atoms with van der Waals surface area (Å²) in [6.45, 7) is 4.21. The topological polar surface area (TPSA) is 38.3 Å². The van der Waals surface area contributed by atoms with E-state index in [0.29, 0.717) is 5.56 Å². The first kappa shape index (κ1) is 17.5. The molecule has 0 bridgehead atoms. The van der Waals surface area contributed by atoms with Crippen LogP contribution in [-0.2, 0) is 11.2 Å². The first-order valence-corrected chi connectivity index (χ1v) is 8.87. The van der Waals surface area contributed by atoms with Gasteiger partial charge in [0.15, 0.2) is 0 Å². The highest BCUT2D eigenvalue weighted by Gasteiger charge is 2.38. The van der Waals surface area contributed by atoms with Gasteiger partial charge in [0.1, 0.15) is 17.2 Å². The number of ether oxygens (including phenoxy) is 1. The maximum absolute atomic E-state index is 13.8. The number of nitrogens with one attached hydrogen (secondary N) is 1. The van der Waals surface area contributed by atoms with Gasteiger partial charge < -0.3 is 10.1 Å². The molecular formula is C21H24FNO2. The average molecular weight is 341 g/mol. The third kappa shape index (κ3) is 3.68. The number of rotatable bonds is 5. The second kappa shape index (κ2) is 7.26. The van der Waals surface area contributed by atoms with E-state index in [1.54, 1.807) is 18.2 Å². The predicted molar refractivity (Wildman–Crippen MR) is 96.0 cm³/mol. The first-order valence-electron chi connectivity index (χ1n) is 8.87. The lowest BCUT2D eigenvalue weighted by atomic mass is 9.83. The molecule has 1 heterocycles. The summed E-state index contributed by atoms with van der Waals surface area (Å²) in [5.74, 6) is 0.308. The lowest BCUT2D eigenvalue weighted by molar-refractivity contribution is -0.121. The molecule has 1 aliphatic rings. The number of carbonyl (C=O) groups excluding carboxylic acids is 1. The maximum Gasteiger partial charge on any atom is 0.225 e. The van der Waals surface area contributed by atoms with Crippen molar-refractivity contribution in [3.05, 3.63) is 65.5 Å². The minimum absolute atomic E-state index is 0.0391. The van der Waals surface area contributed by atoms with E-state index in [4.69, 9.17) is 4.74 Å². The number of para-hydroxylation sites is 1. The van der Waals surface area contributed by atoms with Gasteiger partial charge in [0, 0.05) is 12.0 Å². The molecule has 0 aliphatic carbocycles. The van der Waals surface area contributed by atoms with E-state index in [1.165, 1.54) is 6.07 Å². The zero-order valence-corrected chi connectivity index (χ0v) is 14.7. The predicted octanol–water partition coefficient (Wildman–Crippen LogP) is 4.57. The Hall–Kier alpha value is -2.36. The molecule has 0 aromatic heterocycles. The Morgan fingerprint density at radius 2 is 1.84 bits per heavy atom. The Labute approximate surface area is 148 Å². The highest BCUT2D eigenvalue weighted by Crippen LogP contribution is 2.42. The maximum atomic E-state index is 13.8. The lowest BCUT2D eigenvalue weighted by Crippen LogP contribution is -2.44. The van der Waals surface area contributed by atoms with E-state index >= 15 is 0 Å². The summed E-state index contributed by atoms with van der Waals surface area (Å²) in [5, 5.41) is 3.09. The minimum Gasteiger partial charge on any atom is -0.487 e. The Bertz CT molecular complexity index is 755. The molecule has 132 valence electrons. The molecule has 0 saturated heterocycles. The molecule has 3 nitrogen and oxygen atoms in total. The van der Waals surface area contributed by atoms with Crippen molar-refractivity contribution in [3.8, 4) is 5.75 Å². The molecule has 2 aromatic rings. The minimum atomic E-state index is -0.346. The monoisotopic (exact) mass is 341 g/mol. The molecule has 1 aliphatic heterocycles. The standard InChI is InChI=1S/C21H24FNO2/c1-3-21(4-2)14-18(16-10-6-8-12-19(16)25-21)23-20(24)13-15-9-5-7-11-17(15)22/h5-12,18H,3-4,13-14H2,1-2H3,(H,23,24)/t18-/m1/s1. The zero-order valence-electron chi connectivity index (χ0n) is 14.7. The van der Waals surface area contributed by atoms with E-state index in [9.17, 15) is 9.18 Å². The third-order valence-electron chi connectivity index (χ3n) is 5.13. The van der Waals surface area contributed by atoms with Gasteiger partial charge in [-0.3, -0.25) is 4.79 Å². The Morgan fingerprint density at radius 1 is 1.16 bits per heavy atom. The molecule has 25 heavy (non-hydrogen) atoms. The zero-order chi connectivity index (χ0) is 17.9. The van der Waals surface area contributed by atoms with Crippen molar-refractivity contribution >= 4 is 5.91 Å². The number of halogens is 1. The fourth-order valence-corrected chi connectivity index (χ4v) is 3.49. The molecule has 4 heteroatoms. The normalized spacial score (nSPS) is 18.1. The summed E-state index contributed by atoms with van der Waals surface area (Å²) in [6.07, 6.45) is 2.51. The smallest absolute Gasteiger partial charge is 0.225 e. The summed E-state index contributed by atoms with van der Waals surface area (Å²) in [7, 11) is 0. The van der Waals surface area contributed by atoms with Crippen LogP contribution in [0.4, 0.5) is 4.39 Å². The number of fused-ring (bicyclic) bond motifs is 1. The van der Waals surface area contributed by atoms with E-state index in [0.717, 1.165) is 30.6 Å². The van der Waals surface area contributed by atoms with Crippen LogP contribution in [0.1, 0.15) is 50.3 Å². The highest BCUT2D eigenvalue weighted by molar-refractivity contribution is 5.79. The third-order valence-corrected chi connectivity index (χ3v) is 5.13. The van der Waals surface area contributed by atoms with Crippen LogP contribution in [0.3, 0.4) is 0 Å². The fourth-order valence-electron chi connectivity index (χ4n) is 3.49. The van der Waals surface area contributed by atoms with Gasteiger partial charge >= 0.3 is 0 Å². The van der Waals surface area contributed by atoms with Gasteiger partial charge in [0.2, 0.25) is 5.91 Å². The van der Waals surface area contributed by atoms with Crippen LogP contribution in [0, 0.1) is 5.82 Å². The molecule has 1 N–H and O–H groups in total. The molecule has 0 saturated carbocycles. The Kier molecular flexibility index (Phi) is 5.07. The molecule has 1 amide bonds. The number of amides is 1. The summed E-state index contributed by atoms with van der Waals surface area (Å²) in [4.78, 5) is 12.5. The van der Waals surface area contributed by atoms with Crippen LogP contribution in [0.5, 0.6) is 5.75 Å². The van der Waals surface area contributed by atoms with Crippen molar-refractivity contribution in [2.75, 3.05) is 0 Å². The van der Waals surface area contributed by atoms with Crippen LogP contribution in [0.15, 0.2) is 48.5 Å². The van der Waals surface area contributed by atoms with Gasteiger partial charge in [-0.05, 0) is 30.5 Å². The van der Waals surface area contributed by atoms with Gasteiger partial charge in [-0.25, -0.2) is 4.39 Å². The Morgan fingerprint density at radius 3 is 2.56 bits per heavy atom. The van der Waals surface area contributed by atoms with Crippen LogP contribution in [0.2, 0.25) is 0 Å². The van der Waals surface area contributed by atoms with Crippen molar-refractivity contribution in [2.24, 2.45) is 0 Å². The number of benzene rings is 2. The van der Waals surface area contributed by atoms with Gasteiger partial charge in [-0.2, -0.15) is 0 Å². The molecule has 0 spiro atoms. The molecule has 0 radical (unpaired) electrons. The van der Waals surface area contributed by atoms with Crippen LogP contribution >= 0.6 is 0 Å². The summed E-state index contributed by atoms with van der Waals surface area (Å²) in [5.41, 5.74) is 1.13. The summed E-state index contributed by atoms with van der Waals surface area (Å²) in [6, 6.07) is 14.1. The number of hydrogen-bond acceptors (Lipinski definition) is 2. The molecule has 0 fully saturated rings. The molecular weight excluding hydrogens is 317 g/mol. The van der Waals surface area contributed by atoms with E-state index in [1.807, 2.05) is 24.3 Å². The average Bonchev–Trinajstić information content (AvgIpc) is 2.63. The molecule has 0 unspecified atom stereocenters. The van der Waals surface area contributed by atoms with Gasteiger partial charge in [0.05, 0.1) is 12.5 Å². The van der Waals surface area contributed by atoms with Crippen molar-refractivity contribution in [1.82, 2.24) is 5.32 Å². The van der Waals surface area contributed by atoms with Crippen molar-refractivity contribution in [2.45, 2.75) is 51.2 Å². The van der Waals surface area contributed by atoms with E-state index in [2.05, 4.69) is 19.2 Å². The van der Waals surface area contributed by atoms with Gasteiger partial charge in [-0.1, -0.05) is 50.2 Å². The van der Waals surface area contributed by atoms with Crippen LogP contribution < -0.4 is 10.1 Å². The number of hydrogen-bond donors (Lipinski definition) is 1. The van der Waals surface area contributed by atoms with Crippen LogP contribution in [0.25, 0.3) is 0 Å². The highest BCUT2D eigenvalue weighted by atomic mass is 19.1. The lowest BCUT2D eigenvalue weighted by Gasteiger charge is -2.41. The van der Waals surface area contributed by atoms with Gasteiger partial charge in [-0.15, -0.1) is 0 Å². The largest absolute Gasteiger partial charge is 0.487 e. The van der Waals surface area contributed by atoms with Crippen molar-refractivity contribution in [1.29, 1.82) is 0 Å². The SMILES string of the molecule is CCC1(CC)C[C@@H](NC(=O)Cc2ccccc2F)c2ccccc2O1. The van der Waals surface area contributed by atoms with Crippen molar-refractivity contribution < 1.29 is 13.9 Å². The van der Waals surface area contributed by atoms with E-state index in [-0.39, 0.29) is 29.8 Å². The second-order valence-corrected chi connectivity index (χ2v) is 6.62. The van der Waals surface area contributed by atoms with Crippen LogP contribution in [-0.4, -0.2) is 11.5 Å². The fraction of sp³-hybridized carbons (Fsp3) is 0.381. The first-order chi connectivity index (χ1) is 12.1. The summed E-state index contributed by atoms with van der Waals surface area (Å²) >= 11 is 0. The number of carbonyl (C=O) groups is 1. The van der Waals surface area contributed by atoms with E-state index < -0.39 is 0 Å².